The van der Waals surface area contributed by atoms with E-state index < -0.39 is 5.60 Å². The van der Waals surface area contributed by atoms with Crippen molar-refractivity contribution in [3.8, 4) is 5.75 Å². The number of aliphatic hydroxyl groups is 1. The zero-order chi connectivity index (χ0) is 13.9. The molecule has 1 aromatic rings. The molecule has 0 aromatic heterocycles. The van der Waals surface area contributed by atoms with Crippen molar-refractivity contribution in [3.63, 3.8) is 0 Å². The third kappa shape index (κ3) is 3.45. The molecule has 1 atom stereocenters. The van der Waals surface area contributed by atoms with E-state index in [1.54, 1.807) is 6.07 Å². The van der Waals surface area contributed by atoms with Crippen LogP contribution in [0.5, 0.6) is 5.75 Å². The predicted molar refractivity (Wildman–Crippen MR) is 72.9 cm³/mol. The second kappa shape index (κ2) is 5.88. The fraction of sp³-hybridized carbons (Fsp3) is 0.600. The van der Waals surface area contributed by atoms with E-state index in [9.17, 15) is 9.50 Å². The lowest BCUT2D eigenvalue weighted by Crippen LogP contribution is -2.42. The van der Waals surface area contributed by atoms with Crippen LogP contribution in [0, 0.1) is 5.82 Å². The summed E-state index contributed by atoms with van der Waals surface area (Å²) in [5.41, 5.74) is 0.283. The molecule has 1 aliphatic rings. The number of rotatable bonds is 6. The molecule has 1 heterocycles. The van der Waals surface area contributed by atoms with Crippen molar-refractivity contribution >= 4 is 0 Å². The first-order chi connectivity index (χ1) is 9.06. The number of nitrogens with one attached hydrogen (secondary N) is 1. The fourth-order valence-electron chi connectivity index (χ4n) is 2.37. The summed E-state index contributed by atoms with van der Waals surface area (Å²) in [6.07, 6.45) is 2.20. The van der Waals surface area contributed by atoms with Gasteiger partial charge in [0.15, 0.2) is 0 Å². The minimum absolute atomic E-state index is 0.0229. The maximum absolute atomic E-state index is 13.1. The molecule has 106 valence electrons. The molecule has 2 N–H and O–H groups in total. The van der Waals surface area contributed by atoms with Crippen LogP contribution in [-0.2, 0) is 6.42 Å². The lowest BCUT2D eigenvalue weighted by Gasteiger charge is -2.26. The van der Waals surface area contributed by atoms with Gasteiger partial charge < -0.3 is 15.2 Å². The molecule has 0 bridgehead atoms. The molecule has 0 fully saturated rings. The van der Waals surface area contributed by atoms with Gasteiger partial charge in [-0.1, -0.05) is 13.8 Å². The van der Waals surface area contributed by atoms with E-state index in [2.05, 4.69) is 5.32 Å². The normalized spacial score (nSPS) is 18.2. The van der Waals surface area contributed by atoms with Crippen LogP contribution in [0.3, 0.4) is 0 Å². The standard InChI is InChI=1S/C15H22FNO2/c1-3-15(18,4-2)10-17-9-13-8-11-7-12(16)5-6-14(11)19-13/h5-7,13,17-18H,3-4,8-10H2,1-2H3. The van der Waals surface area contributed by atoms with Crippen LogP contribution in [0.15, 0.2) is 18.2 Å². The highest BCUT2D eigenvalue weighted by Crippen LogP contribution is 2.29. The van der Waals surface area contributed by atoms with Crippen LogP contribution in [-0.4, -0.2) is 29.9 Å². The van der Waals surface area contributed by atoms with Crippen molar-refractivity contribution in [3.05, 3.63) is 29.6 Å². The maximum atomic E-state index is 13.1. The lowest BCUT2D eigenvalue weighted by molar-refractivity contribution is 0.0306. The van der Waals surface area contributed by atoms with Gasteiger partial charge in [-0.15, -0.1) is 0 Å². The van der Waals surface area contributed by atoms with Gasteiger partial charge in [0.2, 0.25) is 0 Å². The fourth-order valence-corrected chi connectivity index (χ4v) is 2.37. The van der Waals surface area contributed by atoms with Crippen molar-refractivity contribution < 1.29 is 14.2 Å². The van der Waals surface area contributed by atoms with Gasteiger partial charge in [-0.2, -0.15) is 0 Å². The van der Waals surface area contributed by atoms with Crippen molar-refractivity contribution in [1.29, 1.82) is 0 Å². The Morgan fingerprint density at radius 1 is 1.42 bits per heavy atom. The van der Waals surface area contributed by atoms with E-state index in [0.717, 1.165) is 30.6 Å². The SMILES string of the molecule is CCC(O)(CC)CNCC1Cc2cc(F)ccc2O1. The summed E-state index contributed by atoms with van der Waals surface area (Å²) in [6, 6.07) is 4.63. The molecule has 0 aliphatic carbocycles. The van der Waals surface area contributed by atoms with Gasteiger partial charge >= 0.3 is 0 Å². The lowest BCUT2D eigenvalue weighted by atomic mass is 9.97. The average molecular weight is 267 g/mol. The molecule has 0 spiro atoms. The van der Waals surface area contributed by atoms with Crippen LogP contribution in [0.4, 0.5) is 4.39 Å². The Balaban J connectivity index is 1.81. The van der Waals surface area contributed by atoms with Crippen molar-refractivity contribution in [2.45, 2.75) is 44.8 Å². The quantitative estimate of drug-likeness (QED) is 0.831. The zero-order valence-corrected chi connectivity index (χ0v) is 11.6. The van der Waals surface area contributed by atoms with Crippen molar-refractivity contribution in [1.82, 2.24) is 5.32 Å². The van der Waals surface area contributed by atoms with E-state index >= 15 is 0 Å². The zero-order valence-electron chi connectivity index (χ0n) is 11.6. The van der Waals surface area contributed by atoms with Crippen LogP contribution in [0.25, 0.3) is 0 Å². The molecule has 1 aromatic carbocycles. The summed E-state index contributed by atoms with van der Waals surface area (Å²) in [5, 5.41) is 13.4. The van der Waals surface area contributed by atoms with Gasteiger partial charge in [-0.05, 0) is 31.0 Å². The molecular formula is C15H22FNO2. The van der Waals surface area contributed by atoms with E-state index in [4.69, 9.17) is 4.74 Å². The molecule has 1 unspecified atom stereocenters. The summed E-state index contributed by atoms with van der Waals surface area (Å²) in [7, 11) is 0. The first-order valence-electron chi connectivity index (χ1n) is 6.94. The Bertz CT molecular complexity index is 432. The third-order valence-corrected chi connectivity index (χ3v) is 3.91. The van der Waals surface area contributed by atoms with E-state index in [0.29, 0.717) is 13.1 Å². The number of halogens is 1. The number of ether oxygens (including phenoxy) is 1. The summed E-state index contributed by atoms with van der Waals surface area (Å²) >= 11 is 0. The Morgan fingerprint density at radius 3 is 2.84 bits per heavy atom. The number of hydrogen-bond donors (Lipinski definition) is 2. The Kier molecular flexibility index (Phi) is 4.42. The van der Waals surface area contributed by atoms with Gasteiger partial charge in [0, 0.05) is 25.1 Å². The third-order valence-electron chi connectivity index (χ3n) is 3.91. The maximum Gasteiger partial charge on any atom is 0.123 e. The second-order valence-corrected chi connectivity index (χ2v) is 5.26. The average Bonchev–Trinajstić information content (AvgIpc) is 2.80. The van der Waals surface area contributed by atoms with Crippen molar-refractivity contribution in [2.24, 2.45) is 0 Å². The molecule has 0 saturated carbocycles. The van der Waals surface area contributed by atoms with Crippen LogP contribution in [0.1, 0.15) is 32.3 Å². The molecule has 0 saturated heterocycles. The van der Waals surface area contributed by atoms with Crippen LogP contribution < -0.4 is 10.1 Å². The highest BCUT2D eigenvalue weighted by molar-refractivity contribution is 5.37. The van der Waals surface area contributed by atoms with Gasteiger partial charge in [-0.3, -0.25) is 0 Å². The molecule has 19 heavy (non-hydrogen) atoms. The first-order valence-corrected chi connectivity index (χ1v) is 6.94. The summed E-state index contributed by atoms with van der Waals surface area (Å²) in [5.74, 6) is 0.553. The minimum Gasteiger partial charge on any atom is -0.488 e. The number of benzene rings is 1. The largest absolute Gasteiger partial charge is 0.488 e. The Morgan fingerprint density at radius 2 is 2.16 bits per heavy atom. The first kappa shape index (κ1) is 14.3. The molecule has 1 aliphatic heterocycles. The van der Waals surface area contributed by atoms with E-state index in [1.165, 1.54) is 12.1 Å². The van der Waals surface area contributed by atoms with E-state index in [-0.39, 0.29) is 11.9 Å². The molecule has 0 amide bonds. The Labute approximate surface area is 113 Å². The second-order valence-electron chi connectivity index (χ2n) is 5.26. The molecule has 4 heteroatoms. The topological polar surface area (TPSA) is 41.5 Å². The molecule has 3 nitrogen and oxygen atoms in total. The highest BCUT2D eigenvalue weighted by atomic mass is 19.1. The van der Waals surface area contributed by atoms with Crippen molar-refractivity contribution in [2.75, 3.05) is 13.1 Å². The van der Waals surface area contributed by atoms with Crippen LogP contribution in [0.2, 0.25) is 0 Å². The van der Waals surface area contributed by atoms with Gasteiger partial charge in [-0.25, -0.2) is 4.39 Å². The number of hydrogen-bond acceptors (Lipinski definition) is 3. The number of fused-ring (bicyclic) bond motifs is 1. The van der Waals surface area contributed by atoms with Gasteiger partial charge in [0.05, 0.1) is 5.60 Å². The highest BCUT2D eigenvalue weighted by Gasteiger charge is 2.25. The monoisotopic (exact) mass is 267 g/mol. The molecule has 0 radical (unpaired) electrons. The predicted octanol–water partition coefficient (Wildman–Crippen LogP) is 2.27. The molecule has 2 rings (SSSR count). The Hall–Kier alpha value is -1.13. The summed E-state index contributed by atoms with van der Waals surface area (Å²) in [4.78, 5) is 0. The smallest absolute Gasteiger partial charge is 0.123 e. The van der Waals surface area contributed by atoms with Gasteiger partial charge in [0.1, 0.15) is 17.7 Å². The minimum atomic E-state index is -0.641. The summed E-state index contributed by atoms with van der Waals surface area (Å²) < 4.78 is 18.8. The van der Waals surface area contributed by atoms with E-state index in [1.807, 2.05) is 13.8 Å². The van der Waals surface area contributed by atoms with Gasteiger partial charge in [0.25, 0.3) is 0 Å². The van der Waals surface area contributed by atoms with Crippen LogP contribution >= 0.6 is 0 Å². The molecular weight excluding hydrogens is 245 g/mol. The summed E-state index contributed by atoms with van der Waals surface area (Å²) in [6.45, 7) is 5.19.